The van der Waals surface area contributed by atoms with Crippen molar-refractivity contribution in [1.82, 2.24) is 10.2 Å². The highest BCUT2D eigenvalue weighted by atomic mass is 16.6. The molecule has 0 aromatic heterocycles. The molecule has 2 unspecified atom stereocenters. The van der Waals surface area contributed by atoms with Gasteiger partial charge in [0.25, 0.3) is 0 Å². The predicted octanol–water partition coefficient (Wildman–Crippen LogP) is 4.86. The average Bonchev–Trinajstić information content (AvgIpc) is 3.07. The molecule has 0 bridgehead atoms. The molecule has 29 heavy (non-hydrogen) atoms. The van der Waals surface area contributed by atoms with E-state index in [9.17, 15) is 9.59 Å². The fourth-order valence-electron chi connectivity index (χ4n) is 3.84. The lowest BCUT2D eigenvalue weighted by molar-refractivity contribution is -0.129. The molecule has 0 saturated carbocycles. The molecule has 2 aromatic rings. The van der Waals surface area contributed by atoms with Gasteiger partial charge >= 0.3 is 6.09 Å². The Kier molecular flexibility index (Phi) is 6.26. The molecular weight excluding hydrogens is 364 g/mol. The van der Waals surface area contributed by atoms with E-state index in [1.807, 2.05) is 86.3 Å². The molecule has 1 aliphatic heterocycles. The third-order valence-corrected chi connectivity index (χ3v) is 5.24. The summed E-state index contributed by atoms with van der Waals surface area (Å²) in [7, 11) is 0. The van der Waals surface area contributed by atoms with Crippen molar-refractivity contribution < 1.29 is 14.3 Å². The van der Waals surface area contributed by atoms with Gasteiger partial charge in [0.15, 0.2) is 0 Å². The first-order valence-corrected chi connectivity index (χ1v) is 10.1. The van der Waals surface area contributed by atoms with Crippen LogP contribution in [0.3, 0.4) is 0 Å². The SMILES string of the molecule is CC(c1ccccc1)N1CC([C@@H](NC(=O)OC(C)(C)C)c2ccccc2)CC1=O. The zero-order valence-corrected chi connectivity index (χ0v) is 17.6. The molecule has 0 spiro atoms. The third-order valence-electron chi connectivity index (χ3n) is 5.24. The van der Waals surface area contributed by atoms with Crippen LogP contribution in [-0.2, 0) is 9.53 Å². The summed E-state index contributed by atoms with van der Waals surface area (Å²) in [5.74, 6) is 0.0850. The monoisotopic (exact) mass is 394 g/mol. The Morgan fingerprint density at radius 3 is 2.14 bits per heavy atom. The van der Waals surface area contributed by atoms with E-state index in [1.54, 1.807) is 0 Å². The van der Waals surface area contributed by atoms with Crippen LogP contribution in [-0.4, -0.2) is 29.0 Å². The Morgan fingerprint density at radius 1 is 1.03 bits per heavy atom. The highest BCUT2D eigenvalue weighted by molar-refractivity contribution is 5.79. The Labute approximate surface area is 173 Å². The summed E-state index contributed by atoms with van der Waals surface area (Å²) in [6, 6.07) is 19.5. The zero-order chi connectivity index (χ0) is 21.0. The number of hydrogen-bond donors (Lipinski definition) is 1. The van der Waals surface area contributed by atoms with Crippen LogP contribution in [0.1, 0.15) is 57.3 Å². The fraction of sp³-hybridized carbons (Fsp3) is 0.417. The minimum atomic E-state index is -0.579. The van der Waals surface area contributed by atoms with Gasteiger partial charge in [-0.3, -0.25) is 4.79 Å². The molecule has 3 rings (SSSR count). The van der Waals surface area contributed by atoms with Crippen LogP contribution in [0.2, 0.25) is 0 Å². The summed E-state index contributed by atoms with van der Waals surface area (Å²) in [6.45, 7) is 8.16. The van der Waals surface area contributed by atoms with Crippen LogP contribution in [0.5, 0.6) is 0 Å². The van der Waals surface area contributed by atoms with Gasteiger partial charge in [-0.15, -0.1) is 0 Å². The molecule has 5 heteroatoms. The lowest BCUT2D eigenvalue weighted by atomic mass is 9.92. The second-order valence-electron chi connectivity index (χ2n) is 8.63. The summed E-state index contributed by atoms with van der Waals surface area (Å²) < 4.78 is 5.47. The molecule has 0 aliphatic carbocycles. The number of benzene rings is 2. The first-order chi connectivity index (χ1) is 13.7. The van der Waals surface area contributed by atoms with E-state index in [2.05, 4.69) is 12.2 Å². The molecular formula is C24H30N2O3. The summed E-state index contributed by atoms with van der Waals surface area (Å²) in [4.78, 5) is 27.2. The van der Waals surface area contributed by atoms with Crippen LogP contribution in [0.25, 0.3) is 0 Å². The number of ether oxygens (including phenoxy) is 1. The first-order valence-electron chi connectivity index (χ1n) is 10.1. The van der Waals surface area contributed by atoms with E-state index >= 15 is 0 Å². The molecule has 2 aromatic carbocycles. The maximum Gasteiger partial charge on any atom is 0.408 e. The lowest BCUT2D eigenvalue weighted by Gasteiger charge is -2.29. The van der Waals surface area contributed by atoms with Gasteiger partial charge in [0, 0.05) is 18.9 Å². The lowest BCUT2D eigenvalue weighted by Crippen LogP contribution is -2.38. The van der Waals surface area contributed by atoms with E-state index < -0.39 is 11.7 Å². The molecule has 5 nitrogen and oxygen atoms in total. The van der Waals surface area contributed by atoms with Crippen molar-refractivity contribution in [3.63, 3.8) is 0 Å². The highest BCUT2D eigenvalue weighted by Gasteiger charge is 2.39. The van der Waals surface area contributed by atoms with Gasteiger partial charge in [0.05, 0.1) is 12.1 Å². The summed E-state index contributed by atoms with van der Waals surface area (Å²) >= 11 is 0. The van der Waals surface area contributed by atoms with Crippen molar-refractivity contribution >= 4 is 12.0 Å². The van der Waals surface area contributed by atoms with Crippen molar-refractivity contribution in [2.75, 3.05) is 6.54 Å². The molecule has 0 radical (unpaired) electrons. The molecule has 1 N–H and O–H groups in total. The van der Waals surface area contributed by atoms with Crippen molar-refractivity contribution in [3.05, 3.63) is 71.8 Å². The zero-order valence-electron chi connectivity index (χ0n) is 17.6. The van der Waals surface area contributed by atoms with Crippen molar-refractivity contribution in [2.24, 2.45) is 5.92 Å². The Bertz CT molecular complexity index is 830. The quantitative estimate of drug-likeness (QED) is 0.788. The topological polar surface area (TPSA) is 58.6 Å². The summed E-state index contributed by atoms with van der Waals surface area (Å²) in [5, 5.41) is 3.01. The second kappa shape index (κ2) is 8.68. The number of carbonyl (C=O) groups excluding carboxylic acids is 2. The van der Waals surface area contributed by atoms with Gasteiger partial charge in [-0.25, -0.2) is 4.79 Å². The molecule has 3 atom stereocenters. The number of nitrogens with zero attached hydrogens (tertiary/aromatic N) is 1. The molecule has 154 valence electrons. The van der Waals surface area contributed by atoms with E-state index in [-0.39, 0.29) is 23.9 Å². The van der Waals surface area contributed by atoms with E-state index in [0.29, 0.717) is 13.0 Å². The normalized spacial score (nSPS) is 19.0. The molecule has 1 fully saturated rings. The number of carbonyl (C=O) groups is 2. The Morgan fingerprint density at radius 2 is 1.59 bits per heavy atom. The number of likely N-dealkylation sites (tertiary alicyclic amines) is 1. The second-order valence-corrected chi connectivity index (χ2v) is 8.63. The maximum atomic E-state index is 12.8. The summed E-state index contributed by atoms with van der Waals surface area (Å²) in [5.41, 5.74) is 1.51. The Hall–Kier alpha value is -2.82. The molecule has 2 amide bonds. The minimum absolute atomic E-state index is 0.00773. The van der Waals surface area contributed by atoms with Crippen molar-refractivity contribution in [3.8, 4) is 0 Å². The van der Waals surface area contributed by atoms with Crippen LogP contribution in [0.15, 0.2) is 60.7 Å². The third kappa shape index (κ3) is 5.37. The fourth-order valence-corrected chi connectivity index (χ4v) is 3.84. The summed E-state index contributed by atoms with van der Waals surface area (Å²) in [6.07, 6.45) is -0.0691. The van der Waals surface area contributed by atoms with E-state index in [4.69, 9.17) is 4.74 Å². The number of nitrogens with one attached hydrogen (secondary N) is 1. The number of rotatable bonds is 5. The standard InChI is InChI=1S/C24H30N2O3/c1-17(18-11-7-5-8-12-18)26-16-20(15-21(26)27)22(19-13-9-6-10-14-19)25-23(28)29-24(2,3)4/h5-14,17,20,22H,15-16H2,1-4H3,(H,25,28)/t17?,20?,22-/m0/s1. The van der Waals surface area contributed by atoms with Crippen LogP contribution < -0.4 is 5.32 Å². The van der Waals surface area contributed by atoms with Crippen LogP contribution in [0, 0.1) is 5.92 Å². The van der Waals surface area contributed by atoms with Crippen LogP contribution >= 0.6 is 0 Å². The van der Waals surface area contributed by atoms with Gasteiger partial charge < -0.3 is 15.0 Å². The molecule has 1 saturated heterocycles. The predicted molar refractivity (Wildman–Crippen MR) is 113 cm³/mol. The first kappa shape index (κ1) is 20.9. The van der Waals surface area contributed by atoms with Gasteiger partial charge in [-0.05, 0) is 38.8 Å². The van der Waals surface area contributed by atoms with Gasteiger partial charge in [0.2, 0.25) is 5.91 Å². The van der Waals surface area contributed by atoms with Gasteiger partial charge in [-0.2, -0.15) is 0 Å². The van der Waals surface area contributed by atoms with Gasteiger partial charge in [-0.1, -0.05) is 60.7 Å². The van der Waals surface area contributed by atoms with Crippen molar-refractivity contribution in [1.29, 1.82) is 0 Å². The van der Waals surface area contributed by atoms with E-state index in [0.717, 1.165) is 11.1 Å². The largest absolute Gasteiger partial charge is 0.444 e. The molecule has 1 aliphatic rings. The average molecular weight is 395 g/mol. The smallest absolute Gasteiger partial charge is 0.408 e. The maximum absolute atomic E-state index is 12.8. The highest BCUT2D eigenvalue weighted by Crippen LogP contribution is 2.35. The molecule has 1 heterocycles. The number of alkyl carbamates (subject to hydrolysis) is 1. The number of hydrogen-bond acceptors (Lipinski definition) is 3. The minimum Gasteiger partial charge on any atom is -0.444 e. The van der Waals surface area contributed by atoms with E-state index in [1.165, 1.54) is 0 Å². The van der Waals surface area contributed by atoms with Crippen molar-refractivity contribution in [2.45, 2.75) is 51.8 Å². The number of amides is 2. The Balaban J connectivity index is 1.79. The van der Waals surface area contributed by atoms with Gasteiger partial charge in [0.1, 0.15) is 5.60 Å². The van der Waals surface area contributed by atoms with Crippen LogP contribution in [0.4, 0.5) is 4.79 Å².